The summed E-state index contributed by atoms with van der Waals surface area (Å²) in [7, 11) is 0. The molecule has 2 aliphatic rings. The molecule has 0 radical (unpaired) electrons. The molecule has 6 nitrogen and oxygen atoms in total. The number of nitrogens with one attached hydrogen (secondary N) is 2. The van der Waals surface area contributed by atoms with Crippen LogP contribution in [0, 0.1) is 0 Å². The molecule has 1 aromatic heterocycles. The summed E-state index contributed by atoms with van der Waals surface area (Å²) in [6.07, 6.45) is 0.0471. The lowest BCUT2D eigenvalue weighted by molar-refractivity contribution is -0.144. The normalized spacial score (nSPS) is 22.3. The fraction of sp³-hybridized carbons (Fsp3) is 0.278. The molecule has 2 aromatic rings. The molecule has 0 spiro atoms. The van der Waals surface area contributed by atoms with Crippen LogP contribution in [0.3, 0.4) is 0 Å². The van der Waals surface area contributed by atoms with Gasteiger partial charge in [0.2, 0.25) is 5.91 Å². The fourth-order valence-electron chi connectivity index (χ4n) is 3.46. The van der Waals surface area contributed by atoms with Gasteiger partial charge in [-0.1, -0.05) is 18.2 Å². The van der Waals surface area contributed by atoms with Crippen LogP contribution in [0.4, 0.5) is 0 Å². The van der Waals surface area contributed by atoms with E-state index in [1.165, 1.54) is 0 Å². The maximum Gasteiger partial charge on any atom is 0.337 e. The van der Waals surface area contributed by atoms with Crippen molar-refractivity contribution in [3.05, 3.63) is 57.5 Å². The summed E-state index contributed by atoms with van der Waals surface area (Å²) >= 11 is 0. The molecule has 122 valence electrons. The molecule has 1 atom stereocenters. The Labute approximate surface area is 137 Å². The minimum atomic E-state index is -0.898. The molecular weight excluding hydrogens is 308 g/mol. The Morgan fingerprint density at radius 3 is 2.71 bits per heavy atom. The van der Waals surface area contributed by atoms with Crippen molar-refractivity contribution in [3.8, 4) is 0 Å². The highest BCUT2D eigenvalue weighted by Gasteiger charge is 2.48. The molecule has 0 saturated heterocycles. The van der Waals surface area contributed by atoms with Crippen molar-refractivity contribution < 1.29 is 14.3 Å². The van der Waals surface area contributed by atoms with E-state index in [1.54, 1.807) is 19.9 Å². The number of hydrogen-bond acceptors (Lipinski definition) is 4. The van der Waals surface area contributed by atoms with Crippen LogP contribution in [0.2, 0.25) is 0 Å². The number of esters is 1. The number of aromatic nitrogens is 1. The van der Waals surface area contributed by atoms with Gasteiger partial charge in [0.15, 0.2) is 0 Å². The van der Waals surface area contributed by atoms with Crippen LogP contribution >= 0.6 is 0 Å². The predicted molar refractivity (Wildman–Crippen MR) is 87.3 cm³/mol. The van der Waals surface area contributed by atoms with Crippen molar-refractivity contribution in [2.45, 2.75) is 31.8 Å². The number of benzene rings is 1. The average molecular weight is 324 g/mol. The number of pyridine rings is 1. The zero-order valence-electron chi connectivity index (χ0n) is 13.3. The van der Waals surface area contributed by atoms with Gasteiger partial charge in [-0.15, -0.1) is 0 Å². The molecular formula is C18H16N2O4. The van der Waals surface area contributed by atoms with Crippen LogP contribution < -0.4 is 10.9 Å². The van der Waals surface area contributed by atoms with E-state index in [-0.39, 0.29) is 17.9 Å². The third-order valence-corrected chi connectivity index (χ3v) is 4.60. The first-order valence-corrected chi connectivity index (χ1v) is 7.76. The SMILES string of the molecule is CC1(C)OC(=O)C2=C1NC(=O)C[C@H]2c1cc2ccccc2[nH]c1=O. The molecule has 2 N–H and O–H groups in total. The Balaban J connectivity index is 1.94. The molecule has 4 rings (SSSR count). The molecule has 1 amide bonds. The minimum Gasteiger partial charge on any atom is -0.450 e. The van der Waals surface area contributed by atoms with Crippen molar-refractivity contribution in [2.24, 2.45) is 0 Å². The van der Waals surface area contributed by atoms with Gasteiger partial charge in [0.1, 0.15) is 5.60 Å². The van der Waals surface area contributed by atoms with E-state index in [0.29, 0.717) is 16.8 Å². The van der Waals surface area contributed by atoms with Gasteiger partial charge in [-0.2, -0.15) is 0 Å². The minimum absolute atomic E-state index is 0.0471. The number of ether oxygens (including phenoxy) is 1. The van der Waals surface area contributed by atoms with Crippen LogP contribution in [0.5, 0.6) is 0 Å². The zero-order valence-corrected chi connectivity index (χ0v) is 13.3. The van der Waals surface area contributed by atoms with Crippen molar-refractivity contribution >= 4 is 22.8 Å². The van der Waals surface area contributed by atoms with Crippen molar-refractivity contribution in [1.29, 1.82) is 0 Å². The van der Waals surface area contributed by atoms with Gasteiger partial charge >= 0.3 is 5.97 Å². The molecule has 1 aromatic carbocycles. The number of H-pyrrole nitrogens is 1. The Morgan fingerprint density at radius 1 is 1.17 bits per heavy atom. The lowest BCUT2D eigenvalue weighted by atomic mass is 9.83. The van der Waals surface area contributed by atoms with Gasteiger partial charge in [-0.05, 0) is 31.4 Å². The fourth-order valence-corrected chi connectivity index (χ4v) is 3.46. The number of carbonyl (C=O) groups is 2. The van der Waals surface area contributed by atoms with Gasteiger partial charge in [0.25, 0.3) is 5.56 Å². The third-order valence-electron chi connectivity index (χ3n) is 4.60. The Morgan fingerprint density at radius 2 is 1.92 bits per heavy atom. The van der Waals surface area contributed by atoms with Crippen molar-refractivity contribution in [2.75, 3.05) is 0 Å². The Bertz CT molecular complexity index is 984. The van der Waals surface area contributed by atoms with Crippen LogP contribution in [0.25, 0.3) is 10.9 Å². The maximum atomic E-state index is 12.5. The first-order valence-electron chi connectivity index (χ1n) is 7.76. The Kier molecular flexibility index (Phi) is 2.94. The average Bonchev–Trinajstić information content (AvgIpc) is 2.75. The van der Waals surface area contributed by atoms with E-state index in [0.717, 1.165) is 10.9 Å². The van der Waals surface area contributed by atoms with Crippen LogP contribution in [-0.4, -0.2) is 22.5 Å². The molecule has 24 heavy (non-hydrogen) atoms. The molecule has 6 heteroatoms. The second-order valence-corrected chi connectivity index (χ2v) is 6.63. The number of aromatic amines is 1. The summed E-state index contributed by atoms with van der Waals surface area (Å²) in [6.45, 7) is 3.45. The molecule has 3 heterocycles. The topological polar surface area (TPSA) is 88.3 Å². The summed E-state index contributed by atoms with van der Waals surface area (Å²) in [5.41, 5.74) is 0.768. The van der Waals surface area contributed by atoms with Crippen molar-refractivity contribution in [1.82, 2.24) is 10.3 Å². The lowest BCUT2D eigenvalue weighted by Gasteiger charge is -2.26. The van der Waals surface area contributed by atoms with E-state index in [2.05, 4.69) is 10.3 Å². The zero-order chi connectivity index (χ0) is 17.1. The molecule has 0 unspecified atom stereocenters. The van der Waals surface area contributed by atoms with Gasteiger partial charge in [-0.3, -0.25) is 9.59 Å². The smallest absolute Gasteiger partial charge is 0.337 e. The monoisotopic (exact) mass is 324 g/mol. The molecule has 0 aliphatic carbocycles. The number of fused-ring (bicyclic) bond motifs is 1. The van der Waals surface area contributed by atoms with E-state index >= 15 is 0 Å². The number of rotatable bonds is 1. The highest BCUT2D eigenvalue weighted by atomic mass is 16.6. The van der Waals surface area contributed by atoms with E-state index in [4.69, 9.17) is 4.74 Å². The Hall–Kier alpha value is -2.89. The van der Waals surface area contributed by atoms with Gasteiger partial charge < -0.3 is 15.0 Å². The van der Waals surface area contributed by atoms with Crippen LogP contribution in [0.1, 0.15) is 31.7 Å². The van der Waals surface area contributed by atoms with Gasteiger partial charge in [0.05, 0.1) is 11.3 Å². The number of carbonyl (C=O) groups excluding carboxylic acids is 2. The van der Waals surface area contributed by atoms with Gasteiger partial charge in [0, 0.05) is 23.4 Å². The van der Waals surface area contributed by atoms with Gasteiger partial charge in [-0.25, -0.2) is 4.79 Å². The summed E-state index contributed by atoms with van der Waals surface area (Å²) < 4.78 is 5.38. The highest BCUT2D eigenvalue weighted by molar-refractivity contribution is 5.99. The second kappa shape index (κ2) is 4.80. The lowest BCUT2D eigenvalue weighted by Crippen LogP contribution is -2.39. The van der Waals surface area contributed by atoms with Crippen LogP contribution in [0.15, 0.2) is 46.4 Å². The van der Waals surface area contributed by atoms with E-state index < -0.39 is 17.5 Å². The number of amides is 1. The standard InChI is InChI=1S/C18H16N2O4/c1-18(2)15-14(17(23)24-18)10(8-13(21)20-15)11-7-9-5-3-4-6-12(9)19-16(11)22/h3-7,10H,8H2,1-2H3,(H,19,22)(H,20,21)/t10-/m0/s1. The largest absolute Gasteiger partial charge is 0.450 e. The van der Waals surface area contributed by atoms with E-state index in [9.17, 15) is 14.4 Å². The second-order valence-electron chi connectivity index (χ2n) is 6.63. The quantitative estimate of drug-likeness (QED) is 0.782. The molecule has 0 saturated carbocycles. The molecule has 0 fully saturated rings. The predicted octanol–water partition coefficient (Wildman–Crippen LogP) is 1.72. The third kappa shape index (κ3) is 2.06. The summed E-state index contributed by atoms with van der Waals surface area (Å²) in [5.74, 6) is -1.30. The highest BCUT2D eigenvalue weighted by Crippen LogP contribution is 2.42. The molecule has 2 aliphatic heterocycles. The van der Waals surface area contributed by atoms with Crippen LogP contribution in [-0.2, 0) is 14.3 Å². The number of cyclic esters (lactones) is 1. The molecule has 0 bridgehead atoms. The summed E-state index contributed by atoms with van der Waals surface area (Å²) in [4.78, 5) is 39.8. The number of para-hydroxylation sites is 1. The van der Waals surface area contributed by atoms with E-state index in [1.807, 2.05) is 24.3 Å². The first-order chi connectivity index (χ1) is 11.4. The number of hydrogen-bond donors (Lipinski definition) is 2. The first kappa shape index (κ1) is 14.7. The maximum absolute atomic E-state index is 12.5. The summed E-state index contributed by atoms with van der Waals surface area (Å²) in [5, 5.41) is 3.59. The summed E-state index contributed by atoms with van der Waals surface area (Å²) in [6, 6.07) is 9.15. The van der Waals surface area contributed by atoms with Crippen molar-refractivity contribution in [3.63, 3.8) is 0 Å².